The van der Waals surface area contributed by atoms with E-state index in [-0.39, 0.29) is 17.2 Å². The lowest BCUT2D eigenvalue weighted by atomic mass is 10.1. The Hall–Kier alpha value is -2.69. The fourth-order valence-electron chi connectivity index (χ4n) is 2.50. The largest absolute Gasteiger partial charge is 0.366 e. The van der Waals surface area contributed by atoms with Gasteiger partial charge in [-0.3, -0.25) is 9.59 Å². The van der Waals surface area contributed by atoms with Crippen LogP contribution in [0.2, 0.25) is 0 Å². The number of halogens is 1. The molecule has 0 aliphatic heterocycles. The zero-order valence-corrected chi connectivity index (χ0v) is 12.5. The third kappa shape index (κ3) is 3.23. The van der Waals surface area contributed by atoms with Gasteiger partial charge in [-0.15, -0.1) is 0 Å². The van der Waals surface area contributed by atoms with Crippen LogP contribution in [0.5, 0.6) is 0 Å². The quantitative estimate of drug-likeness (QED) is 0.922. The molecule has 0 bridgehead atoms. The predicted octanol–water partition coefficient (Wildman–Crippen LogP) is 2.98. The molecular formula is C18H17FN2O2. The summed E-state index contributed by atoms with van der Waals surface area (Å²) in [6.07, 6.45) is 2.05. The molecule has 2 N–H and O–H groups in total. The molecule has 2 amide bonds. The van der Waals surface area contributed by atoms with Crippen molar-refractivity contribution in [3.8, 4) is 0 Å². The maximum atomic E-state index is 14.6. The molecule has 2 aromatic rings. The number of anilines is 1. The summed E-state index contributed by atoms with van der Waals surface area (Å²) in [6.45, 7) is 0.437. The minimum Gasteiger partial charge on any atom is -0.366 e. The minimum atomic E-state index is -0.845. The van der Waals surface area contributed by atoms with Crippen LogP contribution in [0.1, 0.15) is 33.6 Å². The normalized spacial score (nSPS) is 13.6. The topological polar surface area (TPSA) is 63.4 Å². The molecule has 5 heteroatoms. The van der Waals surface area contributed by atoms with Crippen molar-refractivity contribution in [2.75, 3.05) is 11.4 Å². The monoisotopic (exact) mass is 312 g/mol. The van der Waals surface area contributed by atoms with Gasteiger partial charge in [-0.2, -0.15) is 0 Å². The van der Waals surface area contributed by atoms with Crippen LogP contribution in [0, 0.1) is 11.7 Å². The van der Waals surface area contributed by atoms with Crippen LogP contribution in [-0.2, 0) is 0 Å². The number of hydrogen-bond donors (Lipinski definition) is 1. The number of carbonyl (C=O) groups excluding carboxylic acids is 2. The van der Waals surface area contributed by atoms with Gasteiger partial charge in [0.25, 0.3) is 11.8 Å². The van der Waals surface area contributed by atoms with Gasteiger partial charge >= 0.3 is 0 Å². The summed E-state index contributed by atoms with van der Waals surface area (Å²) < 4.78 is 14.6. The Balaban J connectivity index is 2.01. The van der Waals surface area contributed by atoms with E-state index in [0.29, 0.717) is 18.0 Å². The fraction of sp³-hybridized carbons (Fsp3) is 0.222. The maximum Gasteiger partial charge on any atom is 0.258 e. The van der Waals surface area contributed by atoms with E-state index in [1.54, 1.807) is 24.3 Å². The first-order valence-corrected chi connectivity index (χ1v) is 7.53. The van der Waals surface area contributed by atoms with E-state index >= 15 is 0 Å². The standard InChI is InChI=1S/C18H17FN2O2/c19-16-14(17(20)22)7-4-8-15(16)21(11-12-9-10-12)18(23)13-5-2-1-3-6-13/h1-8,12H,9-11H2,(H2,20,22). The molecule has 0 unspecified atom stereocenters. The fourth-order valence-corrected chi connectivity index (χ4v) is 2.50. The zero-order chi connectivity index (χ0) is 16.4. The third-order valence-electron chi connectivity index (χ3n) is 3.94. The Morgan fingerprint density at radius 2 is 1.78 bits per heavy atom. The van der Waals surface area contributed by atoms with E-state index in [9.17, 15) is 14.0 Å². The zero-order valence-electron chi connectivity index (χ0n) is 12.5. The Kier molecular flexibility index (Phi) is 4.10. The number of rotatable bonds is 5. The molecule has 0 aromatic heterocycles. The molecule has 0 spiro atoms. The second-order valence-electron chi connectivity index (χ2n) is 5.73. The number of amides is 2. The average Bonchev–Trinajstić information content (AvgIpc) is 3.37. The number of benzene rings is 2. The molecule has 4 nitrogen and oxygen atoms in total. The number of carbonyl (C=O) groups is 2. The van der Waals surface area contributed by atoms with Crippen LogP contribution < -0.4 is 10.6 Å². The lowest BCUT2D eigenvalue weighted by molar-refractivity contribution is 0.0976. The molecular weight excluding hydrogens is 295 g/mol. The van der Waals surface area contributed by atoms with Gasteiger partial charge in [0.2, 0.25) is 0 Å². The van der Waals surface area contributed by atoms with E-state index in [0.717, 1.165) is 12.8 Å². The molecule has 0 saturated heterocycles. The number of primary amides is 1. The van der Waals surface area contributed by atoms with Crippen LogP contribution >= 0.6 is 0 Å². The summed E-state index contributed by atoms with van der Waals surface area (Å²) in [4.78, 5) is 25.5. The van der Waals surface area contributed by atoms with Crippen molar-refractivity contribution >= 4 is 17.5 Å². The molecule has 23 heavy (non-hydrogen) atoms. The molecule has 1 aliphatic rings. The van der Waals surface area contributed by atoms with Gasteiger partial charge in [-0.05, 0) is 43.0 Å². The van der Waals surface area contributed by atoms with Crippen LogP contribution in [0.15, 0.2) is 48.5 Å². The summed E-state index contributed by atoms with van der Waals surface area (Å²) in [7, 11) is 0. The van der Waals surface area contributed by atoms with E-state index in [1.165, 1.54) is 23.1 Å². The molecule has 1 saturated carbocycles. The third-order valence-corrected chi connectivity index (χ3v) is 3.94. The highest BCUT2D eigenvalue weighted by atomic mass is 19.1. The molecule has 0 radical (unpaired) electrons. The Morgan fingerprint density at radius 1 is 1.09 bits per heavy atom. The summed E-state index contributed by atoms with van der Waals surface area (Å²) in [5, 5.41) is 0. The number of nitrogens with two attached hydrogens (primary N) is 1. The SMILES string of the molecule is NC(=O)c1cccc(N(CC2CC2)C(=O)c2ccccc2)c1F. The number of nitrogens with zero attached hydrogens (tertiary/aromatic N) is 1. The second kappa shape index (κ2) is 6.20. The summed E-state index contributed by atoms with van der Waals surface area (Å²) in [6, 6.07) is 13.1. The van der Waals surface area contributed by atoms with Crippen molar-refractivity contribution in [1.82, 2.24) is 0 Å². The summed E-state index contributed by atoms with van der Waals surface area (Å²) >= 11 is 0. The molecule has 0 atom stereocenters. The van der Waals surface area contributed by atoms with Gasteiger partial charge in [0.05, 0.1) is 11.3 Å². The molecule has 2 aromatic carbocycles. The molecule has 0 heterocycles. The van der Waals surface area contributed by atoms with Crippen molar-refractivity contribution in [1.29, 1.82) is 0 Å². The van der Waals surface area contributed by atoms with Crippen molar-refractivity contribution in [3.63, 3.8) is 0 Å². The van der Waals surface area contributed by atoms with Gasteiger partial charge in [-0.25, -0.2) is 4.39 Å². The van der Waals surface area contributed by atoms with E-state index in [1.807, 2.05) is 6.07 Å². The van der Waals surface area contributed by atoms with Crippen LogP contribution in [0.25, 0.3) is 0 Å². The molecule has 118 valence electrons. The smallest absolute Gasteiger partial charge is 0.258 e. The summed E-state index contributed by atoms with van der Waals surface area (Å²) in [5.74, 6) is -1.50. The van der Waals surface area contributed by atoms with Crippen molar-refractivity contribution in [3.05, 3.63) is 65.5 Å². The van der Waals surface area contributed by atoms with Gasteiger partial charge in [0.15, 0.2) is 5.82 Å². The van der Waals surface area contributed by atoms with Gasteiger partial charge in [0.1, 0.15) is 0 Å². The van der Waals surface area contributed by atoms with Crippen LogP contribution in [-0.4, -0.2) is 18.4 Å². The van der Waals surface area contributed by atoms with Crippen molar-refractivity contribution in [2.24, 2.45) is 11.7 Å². The highest BCUT2D eigenvalue weighted by Crippen LogP contribution is 2.33. The molecule has 3 rings (SSSR count). The first kappa shape index (κ1) is 15.2. The van der Waals surface area contributed by atoms with Crippen LogP contribution in [0.4, 0.5) is 10.1 Å². The van der Waals surface area contributed by atoms with Gasteiger partial charge in [0, 0.05) is 12.1 Å². The Bertz CT molecular complexity index is 742. The first-order valence-electron chi connectivity index (χ1n) is 7.53. The molecule has 1 fully saturated rings. The predicted molar refractivity (Wildman–Crippen MR) is 85.8 cm³/mol. The van der Waals surface area contributed by atoms with Crippen LogP contribution in [0.3, 0.4) is 0 Å². The lowest BCUT2D eigenvalue weighted by Gasteiger charge is -2.24. The Morgan fingerprint density at radius 3 is 2.39 bits per heavy atom. The van der Waals surface area contributed by atoms with Gasteiger partial charge < -0.3 is 10.6 Å². The van der Waals surface area contributed by atoms with E-state index in [2.05, 4.69) is 0 Å². The highest BCUT2D eigenvalue weighted by molar-refractivity contribution is 6.07. The second-order valence-corrected chi connectivity index (χ2v) is 5.73. The molecule has 1 aliphatic carbocycles. The van der Waals surface area contributed by atoms with Crippen molar-refractivity contribution < 1.29 is 14.0 Å². The van der Waals surface area contributed by atoms with E-state index in [4.69, 9.17) is 5.73 Å². The lowest BCUT2D eigenvalue weighted by Crippen LogP contribution is -2.34. The Labute approximate surface area is 133 Å². The number of hydrogen-bond acceptors (Lipinski definition) is 2. The highest BCUT2D eigenvalue weighted by Gasteiger charge is 2.30. The van der Waals surface area contributed by atoms with Gasteiger partial charge in [-0.1, -0.05) is 24.3 Å². The maximum absolute atomic E-state index is 14.6. The first-order chi connectivity index (χ1) is 11.1. The van der Waals surface area contributed by atoms with Crippen molar-refractivity contribution in [2.45, 2.75) is 12.8 Å². The van der Waals surface area contributed by atoms with E-state index < -0.39 is 11.7 Å². The minimum absolute atomic E-state index is 0.0991. The summed E-state index contributed by atoms with van der Waals surface area (Å²) in [5.41, 5.74) is 5.58. The average molecular weight is 312 g/mol.